The number of nitrogens with zero attached hydrogens (tertiary/aromatic N) is 4. The first kappa shape index (κ1) is 14.0. The third kappa shape index (κ3) is 4.04. The molecule has 1 fully saturated rings. The lowest BCUT2D eigenvalue weighted by molar-refractivity contribution is 0.714. The van der Waals surface area contributed by atoms with Gasteiger partial charge in [-0.1, -0.05) is 26.7 Å². The summed E-state index contributed by atoms with van der Waals surface area (Å²) in [6.07, 6.45) is 9.07. The Morgan fingerprint density at radius 1 is 1.21 bits per heavy atom. The maximum Gasteiger partial charge on any atom is 0.244 e. The lowest BCUT2D eigenvalue weighted by Crippen LogP contribution is -2.27. The fourth-order valence-electron chi connectivity index (χ4n) is 2.64. The summed E-state index contributed by atoms with van der Waals surface area (Å²) in [4.78, 5) is 6.90. The molecule has 0 radical (unpaired) electrons. The van der Waals surface area contributed by atoms with Gasteiger partial charge in [0.2, 0.25) is 5.95 Å². The first-order chi connectivity index (χ1) is 9.33. The standard InChI is InChI=1S/C14H25N5/c1-3-9-19(10-4-2)13-11-15-18-14(17-13)16-12-7-5-6-8-12/h11-12H,3-10H2,1-2H3,(H,16,17,18). The molecule has 19 heavy (non-hydrogen) atoms. The number of hydrogen-bond donors (Lipinski definition) is 1. The molecule has 1 N–H and O–H groups in total. The molecular weight excluding hydrogens is 238 g/mol. The highest BCUT2D eigenvalue weighted by Crippen LogP contribution is 2.21. The van der Waals surface area contributed by atoms with Gasteiger partial charge in [0, 0.05) is 19.1 Å². The Morgan fingerprint density at radius 3 is 2.53 bits per heavy atom. The second kappa shape index (κ2) is 7.26. The lowest BCUT2D eigenvalue weighted by Gasteiger charge is -2.22. The molecule has 0 saturated heterocycles. The van der Waals surface area contributed by atoms with E-state index in [-0.39, 0.29) is 0 Å². The zero-order chi connectivity index (χ0) is 13.5. The van der Waals surface area contributed by atoms with Gasteiger partial charge in [-0.15, -0.1) is 5.10 Å². The molecule has 1 heterocycles. The zero-order valence-corrected chi connectivity index (χ0v) is 12.1. The van der Waals surface area contributed by atoms with Gasteiger partial charge < -0.3 is 10.2 Å². The monoisotopic (exact) mass is 263 g/mol. The van der Waals surface area contributed by atoms with Gasteiger partial charge in [0.05, 0.1) is 6.20 Å². The quantitative estimate of drug-likeness (QED) is 0.819. The van der Waals surface area contributed by atoms with Gasteiger partial charge in [-0.2, -0.15) is 10.1 Å². The number of rotatable bonds is 7. The van der Waals surface area contributed by atoms with Crippen LogP contribution in [0.25, 0.3) is 0 Å². The molecule has 0 bridgehead atoms. The van der Waals surface area contributed by atoms with E-state index >= 15 is 0 Å². The largest absolute Gasteiger partial charge is 0.355 e. The van der Waals surface area contributed by atoms with Crippen LogP contribution in [0.3, 0.4) is 0 Å². The molecule has 0 aliphatic heterocycles. The minimum absolute atomic E-state index is 0.530. The maximum atomic E-state index is 4.62. The van der Waals surface area contributed by atoms with Crippen molar-refractivity contribution >= 4 is 11.8 Å². The third-order valence-corrected chi connectivity index (χ3v) is 3.55. The van der Waals surface area contributed by atoms with Gasteiger partial charge in [-0.25, -0.2) is 0 Å². The number of aromatic nitrogens is 3. The number of anilines is 2. The van der Waals surface area contributed by atoms with E-state index in [0.717, 1.165) is 31.7 Å². The van der Waals surface area contributed by atoms with Crippen LogP contribution in [0.4, 0.5) is 11.8 Å². The predicted octanol–water partition coefficient (Wildman–Crippen LogP) is 2.85. The molecule has 2 rings (SSSR count). The summed E-state index contributed by atoms with van der Waals surface area (Å²) in [6.45, 7) is 6.43. The molecule has 1 saturated carbocycles. The van der Waals surface area contributed by atoms with Crippen LogP contribution in [-0.2, 0) is 0 Å². The van der Waals surface area contributed by atoms with Crippen molar-refractivity contribution in [1.82, 2.24) is 15.2 Å². The highest BCUT2D eigenvalue weighted by molar-refractivity contribution is 5.40. The minimum atomic E-state index is 0.530. The van der Waals surface area contributed by atoms with E-state index in [0.29, 0.717) is 12.0 Å². The summed E-state index contributed by atoms with van der Waals surface area (Å²) in [7, 11) is 0. The molecule has 1 aromatic rings. The topological polar surface area (TPSA) is 53.9 Å². The highest BCUT2D eigenvalue weighted by Gasteiger charge is 2.16. The van der Waals surface area contributed by atoms with Crippen molar-refractivity contribution in [3.8, 4) is 0 Å². The zero-order valence-electron chi connectivity index (χ0n) is 12.1. The predicted molar refractivity (Wildman–Crippen MR) is 78.5 cm³/mol. The van der Waals surface area contributed by atoms with Crippen molar-refractivity contribution in [2.24, 2.45) is 0 Å². The molecule has 0 amide bonds. The third-order valence-electron chi connectivity index (χ3n) is 3.55. The second-order valence-corrected chi connectivity index (χ2v) is 5.25. The molecule has 5 nitrogen and oxygen atoms in total. The lowest BCUT2D eigenvalue weighted by atomic mass is 10.3. The van der Waals surface area contributed by atoms with E-state index in [1.807, 2.05) is 0 Å². The van der Waals surface area contributed by atoms with Crippen LogP contribution in [-0.4, -0.2) is 34.3 Å². The van der Waals surface area contributed by atoms with Crippen LogP contribution in [0.15, 0.2) is 6.20 Å². The minimum Gasteiger partial charge on any atom is -0.355 e. The first-order valence-electron chi connectivity index (χ1n) is 7.54. The van der Waals surface area contributed by atoms with Crippen LogP contribution >= 0.6 is 0 Å². The number of hydrogen-bond acceptors (Lipinski definition) is 5. The first-order valence-corrected chi connectivity index (χ1v) is 7.54. The summed E-state index contributed by atoms with van der Waals surface area (Å²) in [5.41, 5.74) is 0. The summed E-state index contributed by atoms with van der Waals surface area (Å²) in [5.74, 6) is 1.63. The van der Waals surface area contributed by atoms with Gasteiger partial charge in [0.1, 0.15) is 0 Å². The summed E-state index contributed by atoms with van der Waals surface area (Å²) in [5, 5.41) is 11.6. The van der Waals surface area contributed by atoms with Gasteiger partial charge in [-0.05, 0) is 25.7 Å². The highest BCUT2D eigenvalue weighted by atomic mass is 15.3. The molecule has 1 aliphatic carbocycles. The van der Waals surface area contributed by atoms with Crippen LogP contribution in [0.2, 0.25) is 0 Å². The Balaban J connectivity index is 2.03. The smallest absolute Gasteiger partial charge is 0.244 e. The Bertz CT molecular complexity index is 370. The summed E-state index contributed by atoms with van der Waals surface area (Å²) < 4.78 is 0. The van der Waals surface area contributed by atoms with Crippen molar-refractivity contribution in [1.29, 1.82) is 0 Å². The average molecular weight is 263 g/mol. The van der Waals surface area contributed by atoms with Crippen molar-refractivity contribution in [2.75, 3.05) is 23.3 Å². The molecule has 0 unspecified atom stereocenters. The molecule has 0 atom stereocenters. The van der Waals surface area contributed by atoms with Crippen molar-refractivity contribution in [3.63, 3.8) is 0 Å². The maximum absolute atomic E-state index is 4.62. The van der Waals surface area contributed by atoms with Crippen molar-refractivity contribution < 1.29 is 0 Å². The van der Waals surface area contributed by atoms with Crippen LogP contribution in [0.1, 0.15) is 52.4 Å². The molecule has 5 heteroatoms. The SMILES string of the molecule is CCCN(CCC)c1cnnc(NC2CCCC2)n1. The van der Waals surface area contributed by atoms with E-state index in [1.54, 1.807) is 6.20 Å². The normalized spacial score (nSPS) is 15.7. The van der Waals surface area contributed by atoms with Crippen LogP contribution in [0.5, 0.6) is 0 Å². The van der Waals surface area contributed by atoms with E-state index in [2.05, 4.69) is 39.2 Å². The van der Waals surface area contributed by atoms with E-state index in [1.165, 1.54) is 25.7 Å². The Kier molecular flexibility index (Phi) is 5.36. The van der Waals surface area contributed by atoms with Gasteiger partial charge >= 0.3 is 0 Å². The Hall–Kier alpha value is -1.39. The van der Waals surface area contributed by atoms with Crippen LogP contribution in [0, 0.1) is 0 Å². The van der Waals surface area contributed by atoms with Gasteiger partial charge in [0.15, 0.2) is 5.82 Å². The summed E-state index contributed by atoms with van der Waals surface area (Å²) in [6, 6.07) is 0.530. The van der Waals surface area contributed by atoms with E-state index in [9.17, 15) is 0 Å². The average Bonchev–Trinajstić information content (AvgIpc) is 2.92. The van der Waals surface area contributed by atoms with E-state index in [4.69, 9.17) is 0 Å². The number of nitrogens with one attached hydrogen (secondary N) is 1. The van der Waals surface area contributed by atoms with Gasteiger partial charge in [0.25, 0.3) is 0 Å². The van der Waals surface area contributed by atoms with Crippen molar-refractivity contribution in [3.05, 3.63) is 6.20 Å². The summed E-state index contributed by atoms with van der Waals surface area (Å²) >= 11 is 0. The fraction of sp³-hybridized carbons (Fsp3) is 0.786. The molecule has 1 aromatic heterocycles. The molecular formula is C14H25N5. The Morgan fingerprint density at radius 2 is 1.89 bits per heavy atom. The van der Waals surface area contributed by atoms with Crippen LogP contribution < -0.4 is 10.2 Å². The molecule has 1 aliphatic rings. The molecule has 0 aromatic carbocycles. The van der Waals surface area contributed by atoms with E-state index < -0.39 is 0 Å². The fourth-order valence-corrected chi connectivity index (χ4v) is 2.64. The molecule has 106 valence electrons. The van der Waals surface area contributed by atoms with Crippen molar-refractivity contribution in [2.45, 2.75) is 58.4 Å². The molecule has 0 spiro atoms. The van der Waals surface area contributed by atoms with Gasteiger partial charge in [-0.3, -0.25) is 0 Å². The Labute approximate surface area is 115 Å². The second-order valence-electron chi connectivity index (χ2n) is 5.25.